The van der Waals surface area contributed by atoms with Gasteiger partial charge in [-0.05, 0) is 72.2 Å². The van der Waals surface area contributed by atoms with Crippen molar-refractivity contribution in [3.05, 3.63) is 58.9 Å². The van der Waals surface area contributed by atoms with E-state index in [0.29, 0.717) is 10.8 Å². The number of anilines is 1. The SMILES string of the molecule is Cc1ccc(-n2nnnc2SCC(=O)Nc2cc(F)ccc2C)cc1C. The lowest BCUT2D eigenvalue weighted by Crippen LogP contribution is -2.15. The van der Waals surface area contributed by atoms with Crippen molar-refractivity contribution >= 4 is 23.4 Å². The number of carbonyl (C=O) groups is 1. The van der Waals surface area contributed by atoms with Gasteiger partial charge in [-0.25, -0.2) is 4.39 Å². The minimum Gasteiger partial charge on any atom is -0.325 e. The van der Waals surface area contributed by atoms with E-state index >= 15 is 0 Å². The van der Waals surface area contributed by atoms with E-state index in [-0.39, 0.29) is 11.7 Å². The molecule has 0 fully saturated rings. The molecule has 6 nitrogen and oxygen atoms in total. The number of rotatable bonds is 5. The van der Waals surface area contributed by atoms with Crippen molar-refractivity contribution in [1.82, 2.24) is 20.2 Å². The van der Waals surface area contributed by atoms with Gasteiger partial charge in [0.15, 0.2) is 0 Å². The number of amides is 1. The number of nitrogens with zero attached hydrogens (tertiary/aromatic N) is 4. The predicted molar refractivity (Wildman–Crippen MR) is 99.1 cm³/mol. The van der Waals surface area contributed by atoms with Crippen molar-refractivity contribution in [2.24, 2.45) is 0 Å². The lowest BCUT2D eigenvalue weighted by Gasteiger charge is -2.09. The van der Waals surface area contributed by atoms with E-state index in [9.17, 15) is 9.18 Å². The van der Waals surface area contributed by atoms with Crippen molar-refractivity contribution < 1.29 is 9.18 Å². The van der Waals surface area contributed by atoms with E-state index in [2.05, 4.69) is 20.8 Å². The fourth-order valence-electron chi connectivity index (χ4n) is 2.33. The number of tetrazole rings is 1. The molecule has 134 valence electrons. The first-order valence-electron chi connectivity index (χ1n) is 7.99. The summed E-state index contributed by atoms with van der Waals surface area (Å²) in [4.78, 5) is 12.2. The smallest absolute Gasteiger partial charge is 0.234 e. The number of carbonyl (C=O) groups excluding carboxylic acids is 1. The van der Waals surface area contributed by atoms with Gasteiger partial charge in [-0.3, -0.25) is 4.79 Å². The van der Waals surface area contributed by atoms with Crippen molar-refractivity contribution in [2.75, 3.05) is 11.1 Å². The third kappa shape index (κ3) is 4.08. The largest absolute Gasteiger partial charge is 0.325 e. The zero-order valence-electron chi connectivity index (χ0n) is 14.7. The molecule has 26 heavy (non-hydrogen) atoms. The Morgan fingerprint density at radius 2 is 1.88 bits per heavy atom. The van der Waals surface area contributed by atoms with E-state index in [1.54, 1.807) is 10.7 Å². The molecule has 1 N–H and O–H groups in total. The number of aromatic nitrogens is 4. The van der Waals surface area contributed by atoms with Gasteiger partial charge in [-0.15, -0.1) is 5.10 Å². The Labute approximate surface area is 154 Å². The summed E-state index contributed by atoms with van der Waals surface area (Å²) in [5.41, 5.74) is 4.41. The predicted octanol–water partition coefficient (Wildman–Crippen LogP) is 3.46. The average molecular weight is 371 g/mol. The standard InChI is InChI=1S/C18H18FN5OS/c1-11-5-7-15(8-13(11)3)24-18(21-22-23-24)26-10-17(25)20-16-9-14(19)6-4-12(16)2/h4-9H,10H2,1-3H3,(H,20,25). The molecule has 0 aliphatic carbocycles. The molecule has 3 aromatic rings. The van der Waals surface area contributed by atoms with Gasteiger partial charge in [-0.2, -0.15) is 4.68 Å². The van der Waals surface area contributed by atoms with Gasteiger partial charge >= 0.3 is 0 Å². The number of hydrogen-bond donors (Lipinski definition) is 1. The molecule has 1 aromatic heterocycles. The summed E-state index contributed by atoms with van der Waals surface area (Å²) in [6.07, 6.45) is 0. The molecular formula is C18H18FN5OS. The summed E-state index contributed by atoms with van der Waals surface area (Å²) in [7, 11) is 0. The highest BCUT2D eigenvalue weighted by Gasteiger charge is 2.13. The van der Waals surface area contributed by atoms with Crippen molar-refractivity contribution in [2.45, 2.75) is 25.9 Å². The molecule has 0 radical (unpaired) electrons. The van der Waals surface area contributed by atoms with Gasteiger partial charge in [0.1, 0.15) is 5.82 Å². The highest BCUT2D eigenvalue weighted by Crippen LogP contribution is 2.21. The minimum atomic E-state index is -0.391. The maximum atomic E-state index is 13.3. The lowest BCUT2D eigenvalue weighted by molar-refractivity contribution is -0.113. The normalized spacial score (nSPS) is 10.8. The van der Waals surface area contributed by atoms with Gasteiger partial charge in [0.25, 0.3) is 0 Å². The van der Waals surface area contributed by atoms with Gasteiger partial charge in [0.05, 0.1) is 11.4 Å². The minimum absolute atomic E-state index is 0.112. The molecule has 8 heteroatoms. The molecule has 2 aromatic carbocycles. The zero-order chi connectivity index (χ0) is 18.7. The summed E-state index contributed by atoms with van der Waals surface area (Å²) >= 11 is 1.22. The van der Waals surface area contributed by atoms with Crippen LogP contribution in [0.15, 0.2) is 41.6 Å². The molecule has 0 aliphatic heterocycles. The highest BCUT2D eigenvalue weighted by atomic mass is 32.2. The maximum Gasteiger partial charge on any atom is 0.234 e. The Kier molecular flexibility index (Phi) is 5.32. The van der Waals surface area contributed by atoms with Crippen LogP contribution in [0.4, 0.5) is 10.1 Å². The van der Waals surface area contributed by atoms with Gasteiger partial charge in [0.2, 0.25) is 11.1 Å². The number of nitrogens with one attached hydrogen (secondary N) is 1. The van der Waals surface area contributed by atoms with E-state index in [1.165, 1.54) is 29.5 Å². The quantitative estimate of drug-likeness (QED) is 0.696. The first-order chi connectivity index (χ1) is 12.4. The van der Waals surface area contributed by atoms with Crippen molar-refractivity contribution in [3.63, 3.8) is 0 Å². The fourth-order valence-corrected chi connectivity index (χ4v) is 3.02. The van der Waals surface area contributed by atoms with Crippen LogP contribution in [0.25, 0.3) is 5.69 Å². The average Bonchev–Trinajstić information content (AvgIpc) is 3.07. The second-order valence-electron chi connectivity index (χ2n) is 5.94. The highest BCUT2D eigenvalue weighted by molar-refractivity contribution is 7.99. The van der Waals surface area contributed by atoms with Crippen LogP contribution in [0.2, 0.25) is 0 Å². The van der Waals surface area contributed by atoms with Crippen LogP contribution in [0.1, 0.15) is 16.7 Å². The zero-order valence-corrected chi connectivity index (χ0v) is 15.5. The van der Waals surface area contributed by atoms with E-state index in [0.717, 1.165) is 16.8 Å². The Morgan fingerprint density at radius 1 is 1.12 bits per heavy atom. The van der Waals surface area contributed by atoms with Gasteiger partial charge < -0.3 is 5.32 Å². The second kappa shape index (κ2) is 7.65. The molecule has 0 aliphatic rings. The molecule has 0 saturated heterocycles. The third-order valence-corrected chi connectivity index (χ3v) is 4.90. The van der Waals surface area contributed by atoms with Crippen LogP contribution in [-0.4, -0.2) is 31.9 Å². The van der Waals surface area contributed by atoms with E-state index in [4.69, 9.17) is 0 Å². The van der Waals surface area contributed by atoms with Gasteiger partial charge in [0, 0.05) is 5.69 Å². The number of thioether (sulfide) groups is 1. The topological polar surface area (TPSA) is 72.7 Å². The van der Waals surface area contributed by atoms with Crippen LogP contribution in [-0.2, 0) is 4.79 Å². The van der Waals surface area contributed by atoms with Gasteiger partial charge in [-0.1, -0.05) is 23.9 Å². The molecule has 1 amide bonds. The summed E-state index contributed by atoms with van der Waals surface area (Å²) in [5, 5.41) is 14.9. The number of halogens is 1. The van der Waals surface area contributed by atoms with Crippen LogP contribution in [0.5, 0.6) is 0 Å². The Balaban J connectivity index is 1.69. The first-order valence-corrected chi connectivity index (χ1v) is 8.97. The summed E-state index contributed by atoms with van der Waals surface area (Å²) in [5.74, 6) is -0.531. The molecular weight excluding hydrogens is 353 g/mol. The summed E-state index contributed by atoms with van der Waals surface area (Å²) in [6, 6.07) is 10.2. The van der Waals surface area contributed by atoms with Crippen LogP contribution >= 0.6 is 11.8 Å². The molecule has 0 unspecified atom stereocenters. The monoisotopic (exact) mass is 371 g/mol. The molecule has 0 atom stereocenters. The van der Waals surface area contributed by atoms with E-state index in [1.807, 2.05) is 39.0 Å². The Bertz CT molecular complexity index is 957. The third-order valence-electron chi connectivity index (χ3n) is 3.98. The fraction of sp³-hybridized carbons (Fsp3) is 0.222. The molecule has 0 saturated carbocycles. The second-order valence-corrected chi connectivity index (χ2v) is 6.88. The summed E-state index contributed by atoms with van der Waals surface area (Å²) in [6.45, 7) is 5.86. The Morgan fingerprint density at radius 3 is 2.65 bits per heavy atom. The van der Waals surface area contributed by atoms with Crippen LogP contribution < -0.4 is 5.32 Å². The first kappa shape index (κ1) is 18.1. The maximum absolute atomic E-state index is 13.3. The molecule has 3 rings (SSSR count). The number of aryl methyl sites for hydroxylation is 3. The number of hydrogen-bond acceptors (Lipinski definition) is 5. The van der Waals surface area contributed by atoms with Crippen LogP contribution in [0.3, 0.4) is 0 Å². The molecule has 1 heterocycles. The Hall–Kier alpha value is -2.74. The van der Waals surface area contributed by atoms with E-state index < -0.39 is 5.82 Å². The van der Waals surface area contributed by atoms with Crippen molar-refractivity contribution in [1.29, 1.82) is 0 Å². The molecule has 0 spiro atoms. The molecule has 0 bridgehead atoms. The number of benzene rings is 2. The van der Waals surface area contributed by atoms with Crippen LogP contribution in [0, 0.1) is 26.6 Å². The van der Waals surface area contributed by atoms with Crippen molar-refractivity contribution in [3.8, 4) is 5.69 Å². The lowest BCUT2D eigenvalue weighted by atomic mass is 10.1. The summed E-state index contributed by atoms with van der Waals surface area (Å²) < 4.78 is 14.9.